The van der Waals surface area contributed by atoms with Gasteiger partial charge in [0.1, 0.15) is 4.90 Å². The third-order valence-corrected chi connectivity index (χ3v) is 7.47. The van der Waals surface area contributed by atoms with Gasteiger partial charge in [-0.1, -0.05) is 23.7 Å². The van der Waals surface area contributed by atoms with E-state index in [-0.39, 0.29) is 15.8 Å². The van der Waals surface area contributed by atoms with Crippen molar-refractivity contribution in [3.63, 3.8) is 0 Å². The van der Waals surface area contributed by atoms with Crippen molar-refractivity contribution in [3.8, 4) is 0 Å². The molecule has 0 aliphatic carbocycles. The molecule has 2 aliphatic heterocycles. The molecule has 0 saturated carbocycles. The summed E-state index contributed by atoms with van der Waals surface area (Å²) in [6.07, 6.45) is 4.06. The molecule has 144 valence electrons. The van der Waals surface area contributed by atoms with Crippen LogP contribution in [0.3, 0.4) is 0 Å². The molecule has 1 aromatic rings. The predicted octanol–water partition coefficient (Wildman–Crippen LogP) is 2.05. The molecule has 2 aliphatic rings. The highest BCUT2D eigenvalue weighted by atomic mass is 35.5. The van der Waals surface area contributed by atoms with Crippen LogP contribution in [-0.2, 0) is 14.8 Å². The Morgan fingerprint density at radius 2 is 1.65 bits per heavy atom. The fourth-order valence-electron chi connectivity index (χ4n) is 3.57. The average Bonchev–Trinajstić information content (AvgIpc) is 2.89. The van der Waals surface area contributed by atoms with Crippen molar-refractivity contribution in [3.05, 3.63) is 29.3 Å². The zero-order valence-corrected chi connectivity index (χ0v) is 16.5. The van der Waals surface area contributed by atoms with Crippen molar-refractivity contribution in [2.75, 3.05) is 45.8 Å². The van der Waals surface area contributed by atoms with Gasteiger partial charge in [-0.05, 0) is 44.4 Å². The standard InChI is InChI=1S/C18H26ClN3O3S/c19-16-7-2-3-8-17(16)26(24,25)22-12-6-9-20(13-14-22)15-18(23)21-10-4-1-5-11-21/h2-3,7-8H,1,4-6,9-15H2. The SMILES string of the molecule is O=C(CN1CCCN(S(=O)(=O)c2ccccc2Cl)CC1)N1CCCCC1. The minimum absolute atomic E-state index is 0.152. The van der Waals surface area contributed by atoms with E-state index >= 15 is 0 Å². The maximum Gasteiger partial charge on any atom is 0.244 e. The number of piperidine rings is 1. The van der Waals surface area contributed by atoms with Gasteiger partial charge in [0.25, 0.3) is 0 Å². The van der Waals surface area contributed by atoms with Crippen LogP contribution in [0.15, 0.2) is 29.2 Å². The third kappa shape index (κ3) is 4.57. The minimum atomic E-state index is -3.61. The minimum Gasteiger partial charge on any atom is -0.342 e. The molecule has 0 unspecified atom stereocenters. The molecule has 1 amide bonds. The summed E-state index contributed by atoms with van der Waals surface area (Å²) in [6.45, 7) is 4.18. The lowest BCUT2D eigenvalue weighted by Crippen LogP contribution is -2.44. The van der Waals surface area contributed by atoms with E-state index in [0.717, 1.165) is 32.5 Å². The Hall–Kier alpha value is -1.15. The van der Waals surface area contributed by atoms with Gasteiger partial charge < -0.3 is 4.90 Å². The Morgan fingerprint density at radius 1 is 0.923 bits per heavy atom. The summed E-state index contributed by atoms with van der Waals surface area (Å²) >= 11 is 6.09. The van der Waals surface area contributed by atoms with Crippen molar-refractivity contribution < 1.29 is 13.2 Å². The lowest BCUT2D eigenvalue weighted by atomic mass is 10.1. The van der Waals surface area contributed by atoms with Gasteiger partial charge in [0.15, 0.2) is 0 Å². The number of halogens is 1. The van der Waals surface area contributed by atoms with E-state index in [1.54, 1.807) is 24.3 Å². The zero-order valence-electron chi connectivity index (χ0n) is 14.9. The largest absolute Gasteiger partial charge is 0.342 e. The first-order chi connectivity index (χ1) is 12.5. The molecular weight excluding hydrogens is 374 g/mol. The molecule has 0 radical (unpaired) electrons. The maximum atomic E-state index is 12.9. The van der Waals surface area contributed by atoms with Crippen molar-refractivity contribution >= 4 is 27.5 Å². The second-order valence-electron chi connectivity index (χ2n) is 6.91. The number of amides is 1. The van der Waals surface area contributed by atoms with Crippen molar-refractivity contribution in [1.82, 2.24) is 14.1 Å². The van der Waals surface area contributed by atoms with Crippen LogP contribution >= 0.6 is 11.6 Å². The molecule has 0 bridgehead atoms. The van der Waals surface area contributed by atoms with E-state index in [9.17, 15) is 13.2 Å². The van der Waals surface area contributed by atoms with E-state index in [0.29, 0.717) is 32.6 Å². The number of rotatable bonds is 4. The maximum absolute atomic E-state index is 12.9. The molecule has 0 aromatic heterocycles. The Labute approximate surface area is 160 Å². The Balaban J connectivity index is 1.61. The molecule has 1 aromatic carbocycles. The van der Waals surface area contributed by atoms with Crippen molar-refractivity contribution in [2.24, 2.45) is 0 Å². The Kier molecular flexibility index (Phi) is 6.55. The van der Waals surface area contributed by atoms with Gasteiger partial charge >= 0.3 is 0 Å². The van der Waals surface area contributed by atoms with Gasteiger partial charge in [0, 0.05) is 32.7 Å². The molecule has 0 N–H and O–H groups in total. The third-order valence-electron chi connectivity index (χ3n) is 5.07. The average molecular weight is 400 g/mol. The van der Waals surface area contributed by atoms with Crippen LogP contribution in [0.4, 0.5) is 0 Å². The normalized spacial score (nSPS) is 20.7. The van der Waals surface area contributed by atoms with Crippen molar-refractivity contribution in [1.29, 1.82) is 0 Å². The summed E-state index contributed by atoms with van der Waals surface area (Å²) < 4.78 is 27.3. The fraction of sp³-hybridized carbons (Fsp3) is 0.611. The molecule has 6 nitrogen and oxygen atoms in total. The quantitative estimate of drug-likeness (QED) is 0.777. The number of benzene rings is 1. The van der Waals surface area contributed by atoms with Crippen LogP contribution < -0.4 is 0 Å². The van der Waals surface area contributed by atoms with E-state index in [4.69, 9.17) is 11.6 Å². The summed E-state index contributed by atoms with van der Waals surface area (Å²) in [4.78, 5) is 16.6. The monoisotopic (exact) mass is 399 g/mol. The molecule has 3 rings (SSSR count). The van der Waals surface area contributed by atoms with E-state index < -0.39 is 10.0 Å². The Bertz CT molecular complexity index is 735. The first-order valence-corrected chi connectivity index (χ1v) is 11.0. The highest BCUT2D eigenvalue weighted by molar-refractivity contribution is 7.89. The topological polar surface area (TPSA) is 60.9 Å². The predicted molar refractivity (Wildman–Crippen MR) is 102 cm³/mol. The molecule has 0 atom stereocenters. The van der Waals surface area contributed by atoms with Crippen molar-refractivity contribution in [2.45, 2.75) is 30.6 Å². The van der Waals surface area contributed by atoms with Gasteiger partial charge in [-0.15, -0.1) is 0 Å². The van der Waals surface area contributed by atoms with Gasteiger partial charge in [-0.25, -0.2) is 8.42 Å². The second kappa shape index (κ2) is 8.69. The van der Waals surface area contributed by atoms with Gasteiger partial charge in [-0.2, -0.15) is 4.31 Å². The number of sulfonamides is 1. The van der Waals surface area contributed by atoms with Crippen LogP contribution in [0.2, 0.25) is 5.02 Å². The fourth-order valence-corrected chi connectivity index (χ4v) is 5.54. The van der Waals surface area contributed by atoms with Crippen LogP contribution in [0, 0.1) is 0 Å². The van der Waals surface area contributed by atoms with Crippen LogP contribution in [-0.4, -0.2) is 74.2 Å². The van der Waals surface area contributed by atoms with Crippen LogP contribution in [0.1, 0.15) is 25.7 Å². The molecule has 8 heteroatoms. The molecule has 2 heterocycles. The number of nitrogens with zero attached hydrogens (tertiary/aromatic N) is 3. The lowest BCUT2D eigenvalue weighted by Gasteiger charge is -2.29. The van der Waals surface area contributed by atoms with Gasteiger partial charge in [0.05, 0.1) is 11.6 Å². The number of likely N-dealkylation sites (tertiary alicyclic amines) is 1. The highest BCUT2D eigenvalue weighted by Gasteiger charge is 2.29. The first-order valence-electron chi connectivity index (χ1n) is 9.23. The van der Waals surface area contributed by atoms with E-state index in [1.807, 2.05) is 4.90 Å². The zero-order chi connectivity index (χ0) is 18.6. The smallest absolute Gasteiger partial charge is 0.244 e. The number of hydrogen-bond acceptors (Lipinski definition) is 4. The molecular formula is C18H26ClN3O3S. The molecule has 2 fully saturated rings. The van der Waals surface area contributed by atoms with Crippen LogP contribution in [0.5, 0.6) is 0 Å². The lowest BCUT2D eigenvalue weighted by molar-refractivity contribution is -0.133. The van der Waals surface area contributed by atoms with Gasteiger partial charge in [-0.3, -0.25) is 9.69 Å². The molecule has 2 saturated heterocycles. The van der Waals surface area contributed by atoms with E-state index in [2.05, 4.69) is 4.90 Å². The summed E-state index contributed by atoms with van der Waals surface area (Å²) in [7, 11) is -3.61. The molecule has 26 heavy (non-hydrogen) atoms. The van der Waals surface area contributed by atoms with E-state index in [1.165, 1.54) is 10.7 Å². The summed E-state index contributed by atoms with van der Waals surface area (Å²) in [5, 5.41) is 0.244. The molecule has 0 spiro atoms. The number of hydrogen-bond donors (Lipinski definition) is 0. The number of carbonyl (C=O) groups is 1. The summed E-state index contributed by atoms with van der Waals surface area (Å²) in [6, 6.07) is 6.54. The Morgan fingerprint density at radius 3 is 2.38 bits per heavy atom. The van der Waals surface area contributed by atoms with Crippen LogP contribution in [0.25, 0.3) is 0 Å². The second-order valence-corrected chi connectivity index (χ2v) is 9.22. The summed E-state index contributed by atoms with van der Waals surface area (Å²) in [5.74, 6) is 0.159. The van der Waals surface area contributed by atoms with Gasteiger partial charge in [0.2, 0.25) is 15.9 Å². The first kappa shape index (κ1) is 19.6. The summed E-state index contributed by atoms with van der Waals surface area (Å²) in [5.41, 5.74) is 0. The highest BCUT2D eigenvalue weighted by Crippen LogP contribution is 2.25. The number of carbonyl (C=O) groups excluding carboxylic acids is 1.